The Labute approximate surface area is 168 Å². The van der Waals surface area contributed by atoms with Crippen LogP contribution in [0, 0.1) is 0 Å². The van der Waals surface area contributed by atoms with E-state index in [9.17, 15) is 9.59 Å². The number of hydrogen-bond donors (Lipinski definition) is 3. The summed E-state index contributed by atoms with van der Waals surface area (Å²) in [4.78, 5) is 20.6. The molecular formula is C18H35Cl2NO3S. The Bertz CT molecular complexity index is 315. The van der Waals surface area contributed by atoms with E-state index in [0.717, 1.165) is 13.0 Å². The minimum Gasteiger partial charge on any atom is -0.480 e. The molecule has 0 saturated heterocycles. The van der Waals surface area contributed by atoms with Crippen molar-refractivity contribution in [3.63, 3.8) is 0 Å². The fourth-order valence-corrected chi connectivity index (χ4v) is 2.73. The minimum atomic E-state index is -0.804. The Kier molecular flexibility index (Phi) is 24.1. The standard InChI is InChI=1S/C15H31NO2S.C3H4Cl2O/c1-2-3-4-5-6-7-8-9-10-11-12-16-14(13-19)15(17)18;4-1-3(6)2-5/h14,16,19H,2-13H2,1H3,(H,17,18);1-2H2. The van der Waals surface area contributed by atoms with Crippen LogP contribution in [0.5, 0.6) is 0 Å². The van der Waals surface area contributed by atoms with Crippen LogP contribution in [-0.4, -0.2) is 47.0 Å². The highest BCUT2D eigenvalue weighted by molar-refractivity contribution is 7.80. The SMILES string of the molecule is CCCCCCCCCCCCNC(CS)C(=O)O.O=C(CCl)CCl. The molecule has 4 nitrogen and oxygen atoms in total. The predicted molar refractivity (Wildman–Crippen MR) is 112 cm³/mol. The van der Waals surface area contributed by atoms with E-state index in [1.807, 2.05) is 0 Å². The Morgan fingerprint density at radius 3 is 1.68 bits per heavy atom. The largest absolute Gasteiger partial charge is 0.480 e. The van der Waals surface area contributed by atoms with Gasteiger partial charge >= 0.3 is 5.97 Å². The molecule has 0 aliphatic heterocycles. The molecule has 2 N–H and O–H groups in total. The monoisotopic (exact) mass is 415 g/mol. The predicted octanol–water partition coefficient (Wildman–Crippen LogP) is 4.91. The Hall–Kier alpha value is 0.0300. The molecule has 0 aliphatic rings. The molecule has 0 bridgehead atoms. The number of carboxylic acid groups (broad SMARTS) is 1. The zero-order valence-electron chi connectivity index (χ0n) is 15.4. The summed E-state index contributed by atoms with van der Waals surface area (Å²) in [7, 11) is 0. The fraction of sp³-hybridized carbons (Fsp3) is 0.889. The summed E-state index contributed by atoms with van der Waals surface area (Å²) < 4.78 is 0. The van der Waals surface area contributed by atoms with Gasteiger partial charge in [-0.3, -0.25) is 9.59 Å². The highest BCUT2D eigenvalue weighted by Gasteiger charge is 2.13. The molecule has 0 aromatic heterocycles. The molecule has 0 aliphatic carbocycles. The van der Waals surface area contributed by atoms with Crippen LogP contribution in [-0.2, 0) is 9.59 Å². The maximum Gasteiger partial charge on any atom is 0.321 e. The first-order valence-electron chi connectivity index (χ1n) is 9.24. The molecule has 1 atom stereocenters. The zero-order valence-corrected chi connectivity index (χ0v) is 17.8. The Morgan fingerprint density at radius 2 is 1.36 bits per heavy atom. The van der Waals surface area contributed by atoms with Crippen molar-refractivity contribution in [2.45, 2.75) is 77.2 Å². The topological polar surface area (TPSA) is 66.4 Å². The van der Waals surface area contributed by atoms with E-state index in [4.69, 9.17) is 28.3 Å². The molecule has 0 spiro atoms. The zero-order chi connectivity index (χ0) is 19.3. The van der Waals surface area contributed by atoms with Crippen LogP contribution in [0.4, 0.5) is 0 Å². The van der Waals surface area contributed by atoms with Crippen LogP contribution in [0.1, 0.15) is 71.1 Å². The molecule has 25 heavy (non-hydrogen) atoms. The second-order valence-electron chi connectivity index (χ2n) is 6.02. The van der Waals surface area contributed by atoms with Crippen molar-refractivity contribution >= 4 is 47.6 Å². The van der Waals surface area contributed by atoms with Gasteiger partial charge in [0.15, 0.2) is 5.78 Å². The maximum absolute atomic E-state index is 10.7. The number of alkyl halides is 2. The van der Waals surface area contributed by atoms with Gasteiger partial charge in [-0.25, -0.2) is 0 Å². The lowest BCUT2D eigenvalue weighted by Gasteiger charge is -2.11. The number of aliphatic carboxylic acids is 1. The summed E-state index contributed by atoms with van der Waals surface area (Å²) in [6, 6.07) is -0.498. The minimum absolute atomic E-state index is 0.0312. The summed E-state index contributed by atoms with van der Waals surface area (Å²) in [6.07, 6.45) is 13.0. The number of carbonyl (C=O) groups is 2. The smallest absolute Gasteiger partial charge is 0.321 e. The Morgan fingerprint density at radius 1 is 0.920 bits per heavy atom. The number of nitrogens with one attached hydrogen (secondary N) is 1. The number of carboxylic acids is 1. The van der Waals surface area contributed by atoms with Gasteiger partial charge < -0.3 is 10.4 Å². The van der Waals surface area contributed by atoms with Crippen molar-refractivity contribution in [1.29, 1.82) is 0 Å². The lowest BCUT2D eigenvalue weighted by atomic mass is 10.1. The highest BCUT2D eigenvalue weighted by atomic mass is 35.5. The Balaban J connectivity index is 0. The van der Waals surface area contributed by atoms with Crippen LogP contribution < -0.4 is 5.32 Å². The summed E-state index contributed by atoms with van der Waals surface area (Å²) in [5.41, 5.74) is 0. The molecule has 0 aromatic rings. The molecule has 7 heteroatoms. The maximum atomic E-state index is 10.7. The van der Waals surface area contributed by atoms with E-state index in [1.165, 1.54) is 57.8 Å². The number of rotatable bonds is 16. The second kappa shape index (κ2) is 22.1. The first-order chi connectivity index (χ1) is 12.0. The lowest BCUT2D eigenvalue weighted by molar-refractivity contribution is -0.138. The normalized spacial score (nSPS) is 11.5. The van der Waals surface area contributed by atoms with Crippen LogP contribution in [0.25, 0.3) is 0 Å². The van der Waals surface area contributed by atoms with E-state index < -0.39 is 12.0 Å². The molecule has 0 saturated carbocycles. The summed E-state index contributed by atoms with van der Waals surface area (Å²) >= 11 is 14.1. The molecule has 0 radical (unpaired) electrons. The molecule has 1 unspecified atom stereocenters. The first-order valence-corrected chi connectivity index (χ1v) is 10.9. The second-order valence-corrected chi connectivity index (χ2v) is 6.92. The van der Waals surface area contributed by atoms with Crippen LogP contribution >= 0.6 is 35.8 Å². The van der Waals surface area contributed by atoms with Crippen molar-refractivity contribution in [2.24, 2.45) is 0 Å². The quantitative estimate of drug-likeness (QED) is 0.190. The molecule has 0 aromatic carbocycles. The third-order valence-corrected chi connectivity index (χ3v) is 4.66. The van der Waals surface area contributed by atoms with Crippen molar-refractivity contribution in [3.8, 4) is 0 Å². The van der Waals surface area contributed by atoms with Crippen molar-refractivity contribution in [2.75, 3.05) is 24.1 Å². The average molecular weight is 416 g/mol. The fourth-order valence-electron chi connectivity index (χ4n) is 2.15. The summed E-state index contributed by atoms with van der Waals surface area (Å²) in [6.45, 7) is 3.03. The third-order valence-electron chi connectivity index (χ3n) is 3.70. The van der Waals surface area contributed by atoms with E-state index >= 15 is 0 Å². The average Bonchev–Trinajstić information content (AvgIpc) is 2.62. The van der Waals surface area contributed by atoms with Gasteiger partial charge in [-0.2, -0.15) is 12.6 Å². The number of ketones is 1. The van der Waals surface area contributed by atoms with Crippen molar-refractivity contribution < 1.29 is 14.7 Å². The van der Waals surface area contributed by atoms with Gasteiger partial charge in [-0.1, -0.05) is 64.7 Å². The van der Waals surface area contributed by atoms with E-state index in [0.29, 0.717) is 5.75 Å². The number of hydrogen-bond acceptors (Lipinski definition) is 4. The van der Waals surface area contributed by atoms with Gasteiger partial charge in [-0.05, 0) is 13.0 Å². The van der Waals surface area contributed by atoms with Gasteiger partial charge in [0.2, 0.25) is 0 Å². The van der Waals surface area contributed by atoms with Crippen molar-refractivity contribution in [3.05, 3.63) is 0 Å². The molecular weight excluding hydrogens is 381 g/mol. The van der Waals surface area contributed by atoms with Gasteiger partial charge in [-0.15, -0.1) is 23.2 Å². The van der Waals surface area contributed by atoms with Crippen LogP contribution in [0.15, 0.2) is 0 Å². The molecule has 150 valence electrons. The van der Waals surface area contributed by atoms with Crippen molar-refractivity contribution in [1.82, 2.24) is 5.32 Å². The molecule has 0 heterocycles. The van der Waals surface area contributed by atoms with Crippen LogP contribution in [0.2, 0.25) is 0 Å². The van der Waals surface area contributed by atoms with E-state index in [1.54, 1.807) is 0 Å². The number of carbonyl (C=O) groups excluding carboxylic acids is 1. The van der Waals surface area contributed by atoms with E-state index in [2.05, 4.69) is 24.9 Å². The van der Waals surface area contributed by atoms with Gasteiger partial charge in [0.1, 0.15) is 6.04 Å². The molecule has 0 amide bonds. The van der Waals surface area contributed by atoms with Gasteiger partial charge in [0, 0.05) is 5.75 Å². The van der Waals surface area contributed by atoms with Crippen LogP contribution in [0.3, 0.4) is 0 Å². The molecule has 0 fully saturated rings. The van der Waals surface area contributed by atoms with E-state index in [-0.39, 0.29) is 17.5 Å². The van der Waals surface area contributed by atoms with Gasteiger partial charge in [0.25, 0.3) is 0 Å². The first kappa shape index (κ1) is 27.3. The number of Topliss-reactive ketones (excluding diaryl/α,β-unsaturated/α-hetero) is 1. The van der Waals surface area contributed by atoms with Gasteiger partial charge in [0.05, 0.1) is 11.8 Å². The number of halogens is 2. The third kappa shape index (κ3) is 22.0. The number of thiol groups is 1. The highest BCUT2D eigenvalue weighted by Crippen LogP contribution is 2.10. The summed E-state index contributed by atoms with van der Waals surface area (Å²) in [5.74, 6) is -0.513. The number of unbranched alkanes of at least 4 members (excludes halogenated alkanes) is 9. The molecule has 0 rings (SSSR count). The summed E-state index contributed by atoms with van der Waals surface area (Å²) in [5, 5.41) is 11.8. The lowest BCUT2D eigenvalue weighted by Crippen LogP contribution is -2.38.